The molecule has 0 heterocycles. The number of halogens is 3. The van der Waals surface area contributed by atoms with Crippen LogP contribution in [0.5, 0.6) is 0 Å². The van der Waals surface area contributed by atoms with Gasteiger partial charge in [0, 0.05) is 12.1 Å². The summed E-state index contributed by atoms with van der Waals surface area (Å²) in [6.07, 6.45) is 7.32. The van der Waals surface area contributed by atoms with Gasteiger partial charge in [-0.05, 0) is 103 Å². The molecule has 4 rings (SSSR count). The second-order valence-corrected chi connectivity index (χ2v) is 10.9. The Labute approximate surface area is 218 Å². The fourth-order valence-corrected chi connectivity index (χ4v) is 6.57. The Bertz CT molecular complexity index is 917. The van der Waals surface area contributed by atoms with Crippen molar-refractivity contribution in [2.75, 3.05) is 6.54 Å². The second-order valence-electron chi connectivity index (χ2n) is 10.9. The average Bonchev–Trinajstić information content (AvgIpc) is 2.78. The smallest absolute Gasteiger partial charge is 0.123 e. The number of rotatable bonds is 7. The third-order valence-electron chi connectivity index (χ3n) is 8.57. The minimum Gasteiger partial charge on any atom is -0.324 e. The third kappa shape index (κ3) is 5.98. The zero-order valence-corrected chi connectivity index (χ0v) is 22.8. The molecule has 0 amide bonds. The summed E-state index contributed by atoms with van der Waals surface area (Å²) >= 11 is 0. The molecule has 1 fully saturated rings. The van der Waals surface area contributed by atoms with Crippen LogP contribution in [0, 0.1) is 17.7 Å². The molecule has 0 aromatic heterocycles. The van der Waals surface area contributed by atoms with Gasteiger partial charge < -0.3 is 11.1 Å². The Kier molecular flexibility index (Phi) is 10.5. The lowest BCUT2D eigenvalue weighted by Crippen LogP contribution is -2.50. The SMILES string of the molecule is CC(C)c1ccc2c(c1)CCC1C(C(C)NCCC(N)c3ccc(F)cc3)CCCC21C.Cl.Cl. The number of nitrogens with one attached hydrogen (secondary N) is 1. The topological polar surface area (TPSA) is 38.0 Å². The summed E-state index contributed by atoms with van der Waals surface area (Å²) in [6, 6.07) is 14.4. The van der Waals surface area contributed by atoms with E-state index in [0.717, 1.165) is 24.4 Å². The maximum Gasteiger partial charge on any atom is 0.123 e. The van der Waals surface area contributed by atoms with Crippen molar-refractivity contribution >= 4 is 24.8 Å². The fraction of sp³-hybridized carbons (Fsp3) is 0.586. The van der Waals surface area contributed by atoms with Crippen LogP contribution in [0.25, 0.3) is 0 Å². The number of hydrogen-bond acceptors (Lipinski definition) is 2. The summed E-state index contributed by atoms with van der Waals surface area (Å²) in [4.78, 5) is 0. The molecule has 2 aliphatic rings. The molecule has 1 saturated carbocycles. The summed E-state index contributed by atoms with van der Waals surface area (Å²) in [7, 11) is 0. The van der Waals surface area contributed by atoms with Crippen molar-refractivity contribution < 1.29 is 4.39 Å². The van der Waals surface area contributed by atoms with Gasteiger partial charge in [0.1, 0.15) is 5.82 Å². The van der Waals surface area contributed by atoms with Crippen molar-refractivity contribution in [2.45, 2.75) is 89.6 Å². The number of nitrogens with two attached hydrogens (primary N) is 1. The van der Waals surface area contributed by atoms with E-state index in [1.165, 1.54) is 49.8 Å². The first-order chi connectivity index (χ1) is 15.3. The van der Waals surface area contributed by atoms with Crippen molar-refractivity contribution in [2.24, 2.45) is 17.6 Å². The molecule has 0 bridgehead atoms. The van der Waals surface area contributed by atoms with Gasteiger partial charge in [-0.1, -0.05) is 57.5 Å². The first-order valence-corrected chi connectivity index (χ1v) is 12.7. The van der Waals surface area contributed by atoms with Crippen LogP contribution in [0.3, 0.4) is 0 Å². The average molecular weight is 510 g/mol. The van der Waals surface area contributed by atoms with Crippen LogP contribution in [0.4, 0.5) is 4.39 Å². The van der Waals surface area contributed by atoms with Gasteiger partial charge in [0.25, 0.3) is 0 Å². The highest BCUT2D eigenvalue weighted by Gasteiger charge is 2.47. The second kappa shape index (κ2) is 12.2. The highest BCUT2D eigenvalue weighted by atomic mass is 35.5. The predicted octanol–water partition coefficient (Wildman–Crippen LogP) is 7.48. The minimum absolute atomic E-state index is 0. The zero-order valence-electron chi connectivity index (χ0n) is 21.1. The van der Waals surface area contributed by atoms with E-state index in [2.05, 4.69) is 51.2 Å². The van der Waals surface area contributed by atoms with Crippen LogP contribution in [0.1, 0.15) is 94.0 Å². The van der Waals surface area contributed by atoms with Crippen molar-refractivity contribution in [1.29, 1.82) is 0 Å². The number of aryl methyl sites for hydroxylation is 1. The molecule has 34 heavy (non-hydrogen) atoms. The molecular formula is C29H43Cl2FN2. The summed E-state index contributed by atoms with van der Waals surface area (Å²) in [6.45, 7) is 10.4. The van der Waals surface area contributed by atoms with Crippen LogP contribution in [-0.2, 0) is 11.8 Å². The number of benzene rings is 2. The van der Waals surface area contributed by atoms with E-state index in [4.69, 9.17) is 5.73 Å². The van der Waals surface area contributed by atoms with Gasteiger partial charge in [0.15, 0.2) is 0 Å². The molecule has 0 radical (unpaired) electrons. The minimum atomic E-state index is -0.206. The van der Waals surface area contributed by atoms with Crippen LogP contribution < -0.4 is 11.1 Å². The summed E-state index contributed by atoms with van der Waals surface area (Å²) in [5.74, 6) is 1.83. The van der Waals surface area contributed by atoms with Crippen molar-refractivity contribution in [3.05, 3.63) is 70.5 Å². The maximum absolute atomic E-state index is 13.2. The Hall–Kier alpha value is -1.13. The Morgan fingerprint density at radius 1 is 1.03 bits per heavy atom. The maximum atomic E-state index is 13.2. The van der Waals surface area contributed by atoms with Gasteiger partial charge in [0.05, 0.1) is 0 Å². The summed E-state index contributed by atoms with van der Waals surface area (Å²) in [5.41, 5.74) is 12.4. The van der Waals surface area contributed by atoms with E-state index in [9.17, 15) is 4.39 Å². The molecule has 2 aromatic rings. The Balaban J connectivity index is 0.00000204. The monoisotopic (exact) mass is 508 g/mol. The van der Waals surface area contributed by atoms with Crippen LogP contribution in [-0.4, -0.2) is 12.6 Å². The third-order valence-corrected chi connectivity index (χ3v) is 8.57. The molecule has 0 saturated heterocycles. The summed E-state index contributed by atoms with van der Waals surface area (Å²) in [5, 5.41) is 3.81. The van der Waals surface area contributed by atoms with E-state index in [1.54, 1.807) is 23.3 Å². The van der Waals surface area contributed by atoms with E-state index in [-0.39, 0.29) is 36.7 Å². The van der Waals surface area contributed by atoms with Gasteiger partial charge in [-0.15, -0.1) is 24.8 Å². The molecule has 5 atom stereocenters. The Morgan fingerprint density at radius 3 is 2.38 bits per heavy atom. The number of hydrogen-bond donors (Lipinski definition) is 2. The van der Waals surface area contributed by atoms with Gasteiger partial charge in [-0.3, -0.25) is 0 Å². The largest absolute Gasteiger partial charge is 0.324 e. The van der Waals surface area contributed by atoms with Crippen LogP contribution in [0.15, 0.2) is 42.5 Å². The van der Waals surface area contributed by atoms with E-state index < -0.39 is 0 Å². The normalized spacial score (nSPS) is 25.4. The molecule has 2 aliphatic carbocycles. The lowest BCUT2D eigenvalue weighted by molar-refractivity contribution is 0.0827. The lowest BCUT2D eigenvalue weighted by atomic mass is 9.53. The van der Waals surface area contributed by atoms with Crippen LogP contribution >= 0.6 is 24.8 Å². The van der Waals surface area contributed by atoms with E-state index in [0.29, 0.717) is 23.3 Å². The molecule has 2 aromatic carbocycles. The predicted molar refractivity (Wildman–Crippen MR) is 147 cm³/mol. The molecule has 190 valence electrons. The first kappa shape index (κ1) is 29.1. The molecular weight excluding hydrogens is 466 g/mol. The van der Waals surface area contributed by atoms with Gasteiger partial charge >= 0.3 is 0 Å². The van der Waals surface area contributed by atoms with Gasteiger partial charge in [0.2, 0.25) is 0 Å². The molecule has 0 aliphatic heterocycles. The number of fused-ring (bicyclic) bond motifs is 3. The Morgan fingerprint density at radius 2 is 1.71 bits per heavy atom. The lowest BCUT2D eigenvalue weighted by Gasteiger charge is -2.52. The van der Waals surface area contributed by atoms with Crippen LogP contribution in [0.2, 0.25) is 0 Å². The summed E-state index contributed by atoms with van der Waals surface area (Å²) < 4.78 is 13.2. The molecule has 5 heteroatoms. The van der Waals surface area contributed by atoms with Crippen molar-refractivity contribution in [3.63, 3.8) is 0 Å². The molecule has 0 spiro atoms. The van der Waals surface area contributed by atoms with Crippen molar-refractivity contribution in [1.82, 2.24) is 5.32 Å². The van der Waals surface area contributed by atoms with Gasteiger partial charge in [-0.25, -0.2) is 4.39 Å². The molecule has 2 nitrogen and oxygen atoms in total. The van der Waals surface area contributed by atoms with Crippen molar-refractivity contribution in [3.8, 4) is 0 Å². The highest BCUT2D eigenvalue weighted by molar-refractivity contribution is 5.85. The molecule has 5 unspecified atom stereocenters. The fourth-order valence-electron chi connectivity index (χ4n) is 6.57. The van der Waals surface area contributed by atoms with Gasteiger partial charge in [-0.2, -0.15) is 0 Å². The first-order valence-electron chi connectivity index (χ1n) is 12.7. The van der Waals surface area contributed by atoms with E-state index in [1.807, 2.05) is 0 Å². The highest BCUT2D eigenvalue weighted by Crippen LogP contribution is 2.53. The molecule has 3 N–H and O–H groups in total. The zero-order chi connectivity index (χ0) is 22.9. The quantitative estimate of drug-likeness (QED) is 0.406. The van der Waals surface area contributed by atoms with E-state index >= 15 is 0 Å². The standard InChI is InChI=1S/C29H41FN2.2ClH/c1-19(2)22-9-13-26-23(18-22)10-14-27-25(6-5-16-29(26,27)4)20(3)32-17-15-28(31)21-7-11-24(30)12-8-21;;/h7-9,11-13,18-20,25,27-28,32H,5-6,10,14-17,31H2,1-4H3;2*1H.